The maximum Gasteiger partial charge on any atom is 0.0692 e. The molecule has 0 aliphatic rings. The number of aliphatic hydroxyl groups is 1. The average molecular weight is 227 g/mol. The lowest BCUT2D eigenvalue weighted by molar-refractivity contribution is 0.101. The second-order valence-corrected chi connectivity index (χ2v) is 4.69. The van der Waals surface area contributed by atoms with E-state index < -0.39 is 0 Å². The van der Waals surface area contributed by atoms with E-state index in [1.54, 1.807) is 11.3 Å². The van der Waals surface area contributed by atoms with Gasteiger partial charge in [-0.3, -0.25) is 0 Å². The third-order valence-corrected chi connectivity index (χ3v) is 3.59. The van der Waals surface area contributed by atoms with Crippen LogP contribution in [0.4, 0.5) is 0 Å². The van der Waals surface area contributed by atoms with Crippen molar-refractivity contribution in [1.82, 2.24) is 5.32 Å². The summed E-state index contributed by atoms with van der Waals surface area (Å²) in [7, 11) is 0. The van der Waals surface area contributed by atoms with E-state index in [-0.39, 0.29) is 6.10 Å². The molecule has 0 fully saturated rings. The molecular formula is C12H21NOS. The topological polar surface area (TPSA) is 32.3 Å². The van der Waals surface area contributed by atoms with Gasteiger partial charge >= 0.3 is 0 Å². The molecule has 0 bridgehead atoms. The van der Waals surface area contributed by atoms with Crippen LogP contribution in [0.1, 0.15) is 32.3 Å². The van der Waals surface area contributed by atoms with Gasteiger partial charge in [-0.15, -0.1) is 0 Å². The Kier molecular flexibility index (Phi) is 5.91. The van der Waals surface area contributed by atoms with Gasteiger partial charge in [0.05, 0.1) is 6.10 Å². The lowest BCUT2D eigenvalue weighted by Gasteiger charge is -2.20. The number of nitrogens with one attached hydrogen (secondary N) is 1. The molecule has 0 saturated heterocycles. The van der Waals surface area contributed by atoms with Crippen LogP contribution in [-0.4, -0.2) is 17.8 Å². The van der Waals surface area contributed by atoms with Gasteiger partial charge in [0.15, 0.2) is 0 Å². The summed E-state index contributed by atoms with van der Waals surface area (Å²) in [4.78, 5) is 0. The molecule has 1 aromatic heterocycles. The number of aliphatic hydroxyl groups excluding tert-OH is 1. The second-order valence-electron chi connectivity index (χ2n) is 3.91. The Morgan fingerprint density at radius 2 is 2.13 bits per heavy atom. The molecule has 3 heteroatoms. The smallest absolute Gasteiger partial charge is 0.0692 e. The number of hydrogen-bond donors (Lipinski definition) is 2. The van der Waals surface area contributed by atoms with Crippen molar-refractivity contribution >= 4 is 11.3 Å². The summed E-state index contributed by atoms with van der Waals surface area (Å²) in [6, 6.07) is 2.11. The molecule has 0 aliphatic heterocycles. The van der Waals surface area contributed by atoms with Crippen LogP contribution in [0, 0.1) is 5.92 Å². The van der Waals surface area contributed by atoms with Crippen molar-refractivity contribution in [3.8, 4) is 0 Å². The lowest BCUT2D eigenvalue weighted by Crippen LogP contribution is -2.32. The van der Waals surface area contributed by atoms with Crippen LogP contribution in [-0.2, 0) is 6.54 Å². The SMILES string of the molecule is CCC(CC)C(O)CNCc1ccsc1. The van der Waals surface area contributed by atoms with Crippen molar-refractivity contribution in [1.29, 1.82) is 0 Å². The van der Waals surface area contributed by atoms with Crippen LogP contribution in [0.3, 0.4) is 0 Å². The second kappa shape index (κ2) is 6.99. The van der Waals surface area contributed by atoms with E-state index in [9.17, 15) is 5.11 Å². The molecule has 1 rings (SSSR count). The fourth-order valence-electron chi connectivity index (χ4n) is 1.76. The van der Waals surface area contributed by atoms with Crippen LogP contribution >= 0.6 is 11.3 Å². The third kappa shape index (κ3) is 4.33. The fraction of sp³-hybridized carbons (Fsp3) is 0.667. The van der Waals surface area contributed by atoms with Gasteiger partial charge in [0.25, 0.3) is 0 Å². The minimum absolute atomic E-state index is 0.210. The predicted molar refractivity (Wildman–Crippen MR) is 66.1 cm³/mol. The van der Waals surface area contributed by atoms with E-state index >= 15 is 0 Å². The Morgan fingerprint density at radius 1 is 1.40 bits per heavy atom. The van der Waals surface area contributed by atoms with Gasteiger partial charge in [-0.25, -0.2) is 0 Å². The first-order valence-electron chi connectivity index (χ1n) is 5.67. The summed E-state index contributed by atoms with van der Waals surface area (Å²) < 4.78 is 0. The molecule has 0 aliphatic carbocycles. The Hall–Kier alpha value is -0.380. The normalized spacial score (nSPS) is 13.3. The molecule has 1 unspecified atom stereocenters. The molecular weight excluding hydrogens is 206 g/mol. The molecule has 0 aromatic carbocycles. The monoisotopic (exact) mass is 227 g/mol. The summed E-state index contributed by atoms with van der Waals surface area (Å²) in [5.41, 5.74) is 1.30. The van der Waals surface area contributed by atoms with E-state index in [0.717, 1.165) is 19.4 Å². The van der Waals surface area contributed by atoms with Gasteiger partial charge in [-0.05, 0) is 28.3 Å². The molecule has 1 atom stereocenters. The van der Waals surface area contributed by atoms with Gasteiger partial charge in [0, 0.05) is 13.1 Å². The standard InChI is InChI=1S/C12H21NOS/c1-3-11(4-2)12(14)8-13-7-10-5-6-15-9-10/h5-6,9,11-14H,3-4,7-8H2,1-2H3. The third-order valence-electron chi connectivity index (χ3n) is 2.86. The van der Waals surface area contributed by atoms with Gasteiger partial charge in [-0.1, -0.05) is 26.7 Å². The number of hydrogen-bond acceptors (Lipinski definition) is 3. The van der Waals surface area contributed by atoms with Crippen LogP contribution in [0.5, 0.6) is 0 Å². The lowest BCUT2D eigenvalue weighted by atomic mass is 9.96. The van der Waals surface area contributed by atoms with Gasteiger partial charge in [-0.2, -0.15) is 11.3 Å². The molecule has 1 heterocycles. The van der Waals surface area contributed by atoms with Crippen molar-refractivity contribution in [3.63, 3.8) is 0 Å². The molecule has 1 aromatic rings. The minimum Gasteiger partial charge on any atom is -0.392 e. The Bertz CT molecular complexity index is 244. The van der Waals surface area contributed by atoms with Crippen molar-refractivity contribution in [2.45, 2.75) is 39.3 Å². The highest BCUT2D eigenvalue weighted by molar-refractivity contribution is 7.07. The van der Waals surface area contributed by atoms with E-state index in [0.29, 0.717) is 12.5 Å². The molecule has 2 N–H and O–H groups in total. The van der Waals surface area contributed by atoms with E-state index in [2.05, 4.69) is 36.0 Å². The van der Waals surface area contributed by atoms with Gasteiger partial charge in [0.1, 0.15) is 0 Å². The summed E-state index contributed by atoms with van der Waals surface area (Å²) in [5, 5.41) is 17.4. The average Bonchev–Trinajstić information content (AvgIpc) is 2.72. The number of rotatable bonds is 7. The van der Waals surface area contributed by atoms with E-state index in [4.69, 9.17) is 0 Å². The van der Waals surface area contributed by atoms with Gasteiger partial charge in [0.2, 0.25) is 0 Å². The van der Waals surface area contributed by atoms with Crippen LogP contribution in [0.2, 0.25) is 0 Å². The molecule has 0 amide bonds. The maximum absolute atomic E-state index is 9.88. The summed E-state index contributed by atoms with van der Waals surface area (Å²) in [5.74, 6) is 0.431. The van der Waals surface area contributed by atoms with Crippen LogP contribution < -0.4 is 5.32 Å². The van der Waals surface area contributed by atoms with E-state index in [1.807, 2.05) is 0 Å². The summed E-state index contributed by atoms with van der Waals surface area (Å²) >= 11 is 1.71. The number of thiophene rings is 1. The van der Waals surface area contributed by atoms with Crippen molar-refractivity contribution in [2.24, 2.45) is 5.92 Å². The highest BCUT2D eigenvalue weighted by Crippen LogP contribution is 2.12. The van der Waals surface area contributed by atoms with Crippen molar-refractivity contribution < 1.29 is 5.11 Å². The highest BCUT2D eigenvalue weighted by atomic mass is 32.1. The molecule has 0 radical (unpaired) electrons. The van der Waals surface area contributed by atoms with Crippen LogP contribution in [0.25, 0.3) is 0 Å². The van der Waals surface area contributed by atoms with E-state index in [1.165, 1.54) is 5.56 Å². The summed E-state index contributed by atoms with van der Waals surface area (Å²) in [6.45, 7) is 5.83. The fourth-order valence-corrected chi connectivity index (χ4v) is 2.43. The zero-order valence-electron chi connectivity index (χ0n) is 9.57. The van der Waals surface area contributed by atoms with Gasteiger partial charge < -0.3 is 10.4 Å². The molecule has 15 heavy (non-hydrogen) atoms. The summed E-state index contributed by atoms with van der Waals surface area (Å²) in [6.07, 6.45) is 1.90. The van der Waals surface area contributed by atoms with Crippen LogP contribution in [0.15, 0.2) is 16.8 Å². The van der Waals surface area contributed by atoms with Crippen molar-refractivity contribution in [2.75, 3.05) is 6.54 Å². The largest absolute Gasteiger partial charge is 0.392 e. The first-order valence-corrected chi connectivity index (χ1v) is 6.62. The molecule has 0 saturated carbocycles. The zero-order chi connectivity index (χ0) is 11.1. The molecule has 0 spiro atoms. The maximum atomic E-state index is 9.88. The van der Waals surface area contributed by atoms with Crippen molar-refractivity contribution in [3.05, 3.63) is 22.4 Å². The Balaban J connectivity index is 2.19. The Labute approximate surface area is 96.3 Å². The first kappa shape index (κ1) is 12.7. The molecule has 2 nitrogen and oxygen atoms in total. The Morgan fingerprint density at radius 3 is 2.67 bits per heavy atom. The minimum atomic E-state index is -0.210. The first-order chi connectivity index (χ1) is 7.27. The highest BCUT2D eigenvalue weighted by Gasteiger charge is 2.14. The zero-order valence-corrected chi connectivity index (χ0v) is 10.4. The predicted octanol–water partition coefficient (Wildman–Crippen LogP) is 2.63. The molecule has 86 valence electrons. The quantitative estimate of drug-likeness (QED) is 0.750.